The van der Waals surface area contributed by atoms with Gasteiger partial charge in [0.1, 0.15) is 5.21 Å². The van der Waals surface area contributed by atoms with Crippen LogP contribution in [-0.4, -0.2) is 23.5 Å². The second-order valence-electron chi connectivity index (χ2n) is 2.79. The lowest BCUT2D eigenvalue weighted by molar-refractivity contribution is 0.534. The first-order valence-electron chi connectivity index (χ1n) is 4.26. The molecule has 0 atom stereocenters. The minimum absolute atomic E-state index is 0.369. The Hall–Kier alpha value is 0.680. The number of hydrogen-bond acceptors (Lipinski definition) is 2. The number of rotatable bonds is 7. The molecule has 0 aromatic carbocycles. The maximum atomic E-state index is 11.1. The molecule has 3 nitrogen and oxygen atoms in total. The third kappa shape index (κ3) is 5.88. The van der Waals surface area contributed by atoms with Gasteiger partial charge in [0.25, 0.3) is 0 Å². The summed E-state index contributed by atoms with van der Waals surface area (Å²) >= 11 is 8.24. The predicted molar refractivity (Wildman–Crippen MR) is 59.4 cm³/mol. The van der Waals surface area contributed by atoms with Crippen LogP contribution in [0.25, 0.3) is 0 Å². The van der Waals surface area contributed by atoms with Gasteiger partial charge < -0.3 is 0 Å². The highest BCUT2D eigenvalue weighted by atomic mass is 79.9. The summed E-state index contributed by atoms with van der Waals surface area (Å²) in [5, 5.41) is -0.369. The fourth-order valence-corrected chi connectivity index (χ4v) is 2.63. The van der Waals surface area contributed by atoms with Gasteiger partial charge in [-0.25, -0.2) is 8.42 Å². The van der Waals surface area contributed by atoms with Crippen LogP contribution in [0.4, 0.5) is 0 Å². The Morgan fingerprint density at radius 1 is 1.31 bits per heavy atom. The summed E-state index contributed by atoms with van der Waals surface area (Å²) in [4.78, 5) is 0. The smallest absolute Gasteiger partial charge is 0.210 e. The Balaban J connectivity index is 3.69. The van der Waals surface area contributed by atoms with Crippen molar-refractivity contribution in [2.45, 2.75) is 32.6 Å². The zero-order chi connectivity index (χ0) is 10.3. The van der Waals surface area contributed by atoms with Gasteiger partial charge >= 0.3 is 0 Å². The second-order valence-corrected chi connectivity index (χ2v) is 6.60. The summed E-state index contributed by atoms with van der Waals surface area (Å²) in [6.45, 7) is 2.61. The van der Waals surface area contributed by atoms with E-state index >= 15 is 0 Å². The van der Waals surface area contributed by atoms with Crippen LogP contribution >= 0.6 is 27.7 Å². The van der Waals surface area contributed by atoms with E-state index in [0.717, 1.165) is 29.0 Å². The minimum Gasteiger partial charge on any atom is -0.210 e. The lowest BCUT2D eigenvalue weighted by atomic mass is 10.2. The quantitative estimate of drug-likeness (QED) is 0.411. The number of hydrogen-bond donors (Lipinski definition) is 0. The summed E-state index contributed by atoms with van der Waals surface area (Å²) in [5.41, 5.74) is 0. The number of halogens is 2. The van der Waals surface area contributed by atoms with Gasteiger partial charge in [-0.3, -0.25) is 0 Å². The van der Waals surface area contributed by atoms with E-state index in [2.05, 4.69) is 23.1 Å². The summed E-state index contributed by atoms with van der Waals surface area (Å²) in [6.07, 6.45) is 4.21. The van der Waals surface area contributed by atoms with Crippen molar-refractivity contribution < 1.29 is 8.42 Å². The molecule has 0 heterocycles. The first-order valence-corrected chi connectivity index (χ1v) is 7.12. The first kappa shape index (κ1) is 13.7. The third-order valence-corrected chi connectivity index (χ3v) is 5.19. The Labute approximate surface area is 93.8 Å². The topological polar surface area (TPSA) is 37.4 Å². The van der Waals surface area contributed by atoms with Crippen molar-refractivity contribution in [3.63, 3.8) is 0 Å². The van der Waals surface area contributed by atoms with Crippen molar-refractivity contribution in [3.05, 3.63) is 0 Å². The van der Waals surface area contributed by atoms with E-state index in [1.54, 1.807) is 0 Å². The molecule has 0 N–H and O–H groups in total. The average molecular weight is 293 g/mol. The molecule has 0 aliphatic carbocycles. The monoisotopic (exact) mass is 291 g/mol. The van der Waals surface area contributed by atoms with Crippen LogP contribution in [0, 0.1) is 0 Å². The third-order valence-electron chi connectivity index (χ3n) is 1.63. The summed E-state index contributed by atoms with van der Waals surface area (Å²) in [7, 11) is -3.27. The molecule has 0 radical (unpaired) electrons. The van der Waals surface area contributed by atoms with Gasteiger partial charge in [0.2, 0.25) is 10.0 Å². The van der Waals surface area contributed by atoms with Crippen LogP contribution in [0.1, 0.15) is 32.6 Å². The fourth-order valence-electron chi connectivity index (χ4n) is 0.855. The SMILES string of the molecule is CCCCCCN(Br)S(=O)(=O)CCl. The van der Waals surface area contributed by atoms with Crippen LogP contribution in [0.2, 0.25) is 0 Å². The second kappa shape index (κ2) is 7.04. The zero-order valence-corrected chi connectivity index (χ0v) is 10.8. The van der Waals surface area contributed by atoms with Gasteiger partial charge in [-0.2, -0.15) is 0 Å². The first-order chi connectivity index (χ1) is 6.04. The van der Waals surface area contributed by atoms with Crippen molar-refractivity contribution in [1.29, 1.82) is 0 Å². The van der Waals surface area contributed by atoms with Crippen molar-refractivity contribution in [2.75, 3.05) is 11.8 Å². The maximum absolute atomic E-state index is 11.1. The Morgan fingerprint density at radius 2 is 1.92 bits per heavy atom. The lowest BCUT2D eigenvalue weighted by Gasteiger charge is -2.11. The number of alkyl halides is 1. The zero-order valence-electron chi connectivity index (χ0n) is 7.67. The van der Waals surface area contributed by atoms with Gasteiger partial charge in [0.15, 0.2) is 0 Å². The largest absolute Gasteiger partial charge is 0.237 e. The van der Waals surface area contributed by atoms with Gasteiger partial charge in [-0.05, 0) is 6.42 Å². The van der Waals surface area contributed by atoms with Crippen LogP contribution in [0.3, 0.4) is 0 Å². The lowest BCUT2D eigenvalue weighted by Crippen LogP contribution is -2.23. The van der Waals surface area contributed by atoms with Crippen LogP contribution < -0.4 is 0 Å². The molecule has 0 spiro atoms. The van der Waals surface area contributed by atoms with E-state index in [4.69, 9.17) is 11.6 Å². The Morgan fingerprint density at radius 3 is 2.38 bits per heavy atom. The van der Waals surface area contributed by atoms with E-state index in [-0.39, 0.29) is 5.21 Å². The Kier molecular flexibility index (Phi) is 7.40. The van der Waals surface area contributed by atoms with Gasteiger partial charge in [-0.1, -0.05) is 26.2 Å². The maximum Gasteiger partial charge on any atom is 0.237 e. The average Bonchev–Trinajstić information content (AvgIpc) is 2.12. The number of sulfonamides is 1. The molecule has 80 valence electrons. The number of nitrogens with zero attached hydrogens (tertiary/aromatic N) is 1. The van der Waals surface area contributed by atoms with Crippen LogP contribution in [0.15, 0.2) is 0 Å². The molecule has 0 amide bonds. The van der Waals surface area contributed by atoms with E-state index < -0.39 is 10.0 Å². The predicted octanol–water partition coefficient (Wildman–Crippen LogP) is 2.70. The van der Waals surface area contributed by atoms with Crippen molar-refractivity contribution in [3.8, 4) is 0 Å². The molecule has 0 fully saturated rings. The molecule has 0 unspecified atom stereocenters. The molecular formula is C7H15BrClNO2S. The standard InChI is InChI=1S/C7H15BrClNO2S/c1-2-3-4-5-6-10(8)13(11,12)7-9/h2-7H2,1H3. The normalized spacial score (nSPS) is 12.3. The highest BCUT2D eigenvalue weighted by Gasteiger charge is 2.16. The molecule has 0 aromatic rings. The Bertz CT molecular complexity index is 221. The molecule has 0 aliphatic rings. The summed E-state index contributed by atoms with van der Waals surface area (Å²) < 4.78 is 23.4. The van der Waals surface area contributed by atoms with E-state index in [1.165, 1.54) is 0 Å². The summed E-state index contributed by atoms with van der Waals surface area (Å²) in [5.74, 6) is 0. The van der Waals surface area contributed by atoms with Crippen molar-refractivity contribution in [1.82, 2.24) is 3.33 Å². The summed E-state index contributed by atoms with van der Waals surface area (Å²) in [6, 6.07) is 0. The van der Waals surface area contributed by atoms with Crippen molar-refractivity contribution >= 4 is 37.8 Å². The molecule has 0 rings (SSSR count). The molecular weight excluding hydrogens is 278 g/mol. The molecule has 0 bridgehead atoms. The highest BCUT2D eigenvalue weighted by Crippen LogP contribution is 2.12. The molecule has 0 aliphatic heterocycles. The fraction of sp³-hybridized carbons (Fsp3) is 1.00. The number of unbranched alkanes of at least 4 members (excludes halogenated alkanes) is 3. The molecule has 0 aromatic heterocycles. The minimum atomic E-state index is -3.27. The van der Waals surface area contributed by atoms with Crippen molar-refractivity contribution in [2.24, 2.45) is 0 Å². The van der Waals surface area contributed by atoms with Gasteiger partial charge in [-0.15, -0.1) is 14.9 Å². The molecule has 13 heavy (non-hydrogen) atoms. The van der Waals surface area contributed by atoms with Gasteiger partial charge in [0, 0.05) is 22.7 Å². The van der Waals surface area contributed by atoms with E-state index in [0.29, 0.717) is 6.54 Å². The molecule has 0 saturated carbocycles. The molecule has 0 saturated heterocycles. The van der Waals surface area contributed by atoms with E-state index in [1.807, 2.05) is 0 Å². The highest BCUT2D eigenvalue weighted by molar-refractivity contribution is 9.08. The van der Waals surface area contributed by atoms with E-state index in [9.17, 15) is 8.42 Å². The molecule has 6 heteroatoms. The van der Waals surface area contributed by atoms with Crippen LogP contribution in [0.5, 0.6) is 0 Å². The van der Waals surface area contributed by atoms with Gasteiger partial charge in [0.05, 0.1) is 0 Å². The van der Waals surface area contributed by atoms with Crippen LogP contribution in [-0.2, 0) is 10.0 Å².